The predicted molar refractivity (Wildman–Crippen MR) is 123 cm³/mol. The van der Waals surface area contributed by atoms with E-state index in [-0.39, 0.29) is 10.9 Å². The highest BCUT2D eigenvalue weighted by Crippen LogP contribution is 2.49. The maximum absolute atomic E-state index is 13.0. The molecule has 0 atom stereocenters. The molecule has 1 N–H and O–H groups in total. The number of anilines is 2. The Morgan fingerprint density at radius 2 is 1.61 bits per heavy atom. The Balaban J connectivity index is 1.39. The van der Waals surface area contributed by atoms with E-state index in [9.17, 15) is 14.4 Å². The Kier molecular flexibility index (Phi) is 4.72. The fourth-order valence-corrected chi connectivity index (χ4v) is 4.65. The molecule has 3 aromatic rings. The van der Waals surface area contributed by atoms with Crippen molar-refractivity contribution in [1.82, 2.24) is 0 Å². The summed E-state index contributed by atoms with van der Waals surface area (Å²) in [4.78, 5) is 39.5. The molecule has 1 aliphatic carbocycles. The Bertz CT molecular complexity index is 1230. The number of carbonyl (C=O) groups is 3. The van der Waals surface area contributed by atoms with E-state index in [0.717, 1.165) is 27.8 Å². The topological polar surface area (TPSA) is 66.5 Å². The van der Waals surface area contributed by atoms with E-state index in [2.05, 4.69) is 21.2 Å². The highest BCUT2D eigenvalue weighted by Gasteiger charge is 2.51. The average molecular weight is 496 g/mol. The number of nitrogens with zero attached hydrogens (tertiary/aromatic N) is 1. The molecule has 1 aliphatic heterocycles. The Morgan fingerprint density at radius 3 is 2.19 bits per heavy atom. The molecule has 0 saturated heterocycles. The summed E-state index contributed by atoms with van der Waals surface area (Å²) >= 11 is 9.89. The molecule has 1 fully saturated rings. The molecule has 0 radical (unpaired) electrons. The van der Waals surface area contributed by atoms with Gasteiger partial charge in [-0.05, 0) is 60.9 Å². The van der Waals surface area contributed by atoms with Crippen LogP contribution in [-0.4, -0.2) is 17.7 Å². The lowest BCUT2D eigenvalue weighted by Gasteiger charge is -2.19. The number of fused-ring (bicyclic) bond motifs is 1. The molecule has 1 heterocycles. The van der Waals surface area contributed by atoms with Crippen molar-refractivity contribution in [2.45, 2.75) is 18.3 Å². The number of benzene rings is 3. The van der Waals surface area contributed by atoms with Crippen molar-refractivity contribution in [3.8, 4) is 0 Å². The molecule has 0 spiro atoms. The number of rotatable bonds is 4. The Morgan fingerprint density at radius 1 is 0.935 bits per heavy atom. The highest BCUT2D eigenvalue weighted by atomic mass is 79.9. The minimum absolute atomic E-state index is 0.102. The zero-order valence-electron chi connectivity index (χ0n) is 16.2. The van der Waals surface area contributed by atoms with Gasteiger partial charge in [0.1, 0.15) is 0 Å². The van der Waals surface area contributed by atoms with Crippen LogP contribution in [0.15, 0.2) is 71.2 Å². The molecule has 3 aromatic carbocycles. The van der Waals surface area contributed by atoms with Crippen LogP contribution in [0.5, 0.6) is 0 Å². The summed E-state index contributed by atoms with van der Waals surface area (Å²) in [6.07, 6.45) is 1.55. The molecule has 5 rings (SSSR count). The number of amides is 3. The van der Waals surface area contributed by atoms with Crippen molar-refractivity contribution in [3.63, 3.8) is 0 Å². The second-order valence-electron chi connectivity index (χ2n) is 7.70. The molecule has 1 saturated carbocycles. The van der Waals surface area contributed by atoms with Crippen LogP contribution in [0.3, 0.4) is 0 Å². The summed E-state index contributed by atoms with van der Waals surface area (Å²) in [5, 5.41) is 3.14. The summed E-state index contributed by atoms with van der Waals surface area (Å²) in [6.45, 7) is 0. The summed E-state index contributed by atoms with van der Waals surface area (Å²) in [7, 11) is 0. The molecule has 0 bridgehead atoms. The van der Waals surface area contributed by atoms with E-state index in [1.807, 2.05) is 24.3 Å². The van der Waals surface area contributed by atoms with Crippen LogP contribution in [0, 0.1) is 0 Å². The summed E-state index contributed by atoms with van der Waals surface area (Å²) < 4.78 is 0.928. The van der Waals surface area contributed by atoms with Crippen molar-refractivity contribution in [1.29, 1.82) is 0 Å². The van der Waals surface area contributed by atoms with Gasteiger partial charge in [0.2, 0.25) is 5.91 Å². The lowest BCUT2D eigenvalue weighted by molar-refractivity contribution is -0.118. The Hall–Kier alpha value is -2.96. The first-order valence-corrected chi connectivity index (χ1v) is 10.9. The van der Waals surface area contributed by atoms with E-state index >= 15 is 0 Å². The van der Waals surface area contributed by atoms with Crippen LogP contribution >= 0.6 is 27.5 Å². The standard InChI is InChI=1S/C24H16BrClN2O3/c25-15-5-3-4-14(12-15)24(10-11-24)23(31)27-16-8-9-20(19(26)13-16)28-21(29)17-6-1-2-7-18(17)22(28)30/h1-9,12-13H,10-11H2,(H,27,31). The van der Waals surface area contributed by atoms with Crippen LogP contribution in [-0.2, 0) is 10.2 Å². The van der Waals surface area contributed by atoms with Crippen molar-refractivity contribution in [3.05, 3.63) is 92.9 Å². The number of nitrogens with one attached hydrogen (secondary N) is 1. The van der Waals surface area contributed by atoms with Gasteiger partial charge >= 0.3 is 0 Å². The number of hydrogen-bond acceptors (Lipinski definition) is 3. The lowest BCUT2D eigenvalue weighted by Crippen LogP contribution is -2.30. The van der Waals surface area contributed by atoms with Gasteiger partial charge in [-0.15, -0.1) is 0 Å². The van der Waals surface area contributed by atoms with Crippen LogP contribution in [0.1, 0.15) is 39.1 Å². The van der Waals surface area contributed by atoms with Crippen molar-refractivity contribution < 1.29 is 14.4 Å². The maximum atomic E-state index is 13.0. The second-order valence-corrected chi connectivity index (χ2v) is 9.03. The van der Waals surface area contributed by atoms with Gasteiger partial charge in [0, 0.05) is 10.2 Å². The summed E-state index contributed by atoms with van der Waals surface area (Å²) in [6, 6.07) is 19.2. The molecule has 0 unspecified atom stereocenters. The average Bonchev–Trinajstić information content (AvgIpc) is 3.53. The van der Waals surface area contributed by atoms with Gasteiger partial charge in [0.15, 0.2) is 0 Å². The van der Waals surface area contributed by atoms with E-state index in [0.29, 0.717) is 22.5 Å². The smallest absolute Gasteiger partial charge is 0.266 e. The number of carbonyl (C=O) groups excluding carboxylic acids is 3. The monoisotopic (exact) mass is 494 g/mol. The minimum atomic E-state index is -0.544. The quantitative estimate of drug-likeness (QED) is 0.481. The van der Waals surface area contributed by atoms with Gasteiger partial charge in [-0.1, -0.05) is 51.8 Å². The van der Waals surface area contributed by atoms with E-state index in [1.165, 1.54) is 0 Å². The molecule has 154 valence electrons. The largest absolute Gasteiger partial charge is 0.325 e. The summed E-state index contributed by atoms with van der Waals surface area (Å²) in [5.41, 5.74) is 1.93. The van der Waals surface area contributed by atoms with Crippen LogP contribution in [0.4, 0.5) is 11.4 Å². The fraction of sp³-hybridized carbons (Fsp3) is 0.125. The third-order valence-electron chi connectivity index (χ3n) is 5.80. The first kappa shape index (κ1) is 20.0. The second kappa shape index (κ2) is 7.32. The van der Waals surface area contributed by atoms with Gasteiger partial charge in [-0.2, -0.15) is 0 Å². The fourth-order valence-electron chi connectivity index (χ4n) is 3.98. The van der Waals surface area contributed by atoms with E-state index < -0.39 is 17.2 Å². The van der Waals surface area contributed by atoms with Crippen LogP contribution in [0.25, 0.3) is 0 Å². The maximum Gasteiger partial charge on any atom is 0.266 e. The van der Waals surface area contributed by atoms with Gasteiger partial charge in [-0.3, -0.25) is 14.4 Å². The third kappa shape index (κ3) is 3.27. The van der Waals surface area contributed by atoms with Gasteiger partial charge in [0.25, 0.3) is 11.8 Å². The predicted octanol–water partition coefficient (Wildman–Crippen LogP) is 5.57. The number of hydrogen-bond donors (Lipinski definition) is 1. The Labute approximate surface area is 192 Å². The van der Waals surface area contributed by atoms with Crippen molar-refractivity contribution >= 4 is 56.6 Å². The van der Waals surface area contributed by atoms with Crippen molar-refractivity contribution in [2.75, 3.05) is 10.2 Å². The molecule has 5 nitrogen and oxygen atoms in total. The van der Waals surface area contributed by atoms with E-state index in [4.69, 9.17) is 11.6 Å². The van der Waals surface area contributed by atoms with Gasteiger partial charge in [0.05, 0.1) is 27.3 Å². The first-order valence-electron chi connectivity index (χ1n) is 9.76. The lowest BCUT2D eigenvalue weighted by atomic mass is 9.95. The normalized spacial score (nSPS) is 16.3. The minimum Gasteiger partial charge on any atom is -0.325 e. The molecule has 7 heteroatoms. The molecule has 3 amide bonds. The molecule has 2 aliphatic rings. The zero-order chi connectivity index (χ0) is 21.8. The third-order valence-corrected chi connectivity index (χ3v) is 6.60. The van der Waals surface area contributed by atoms with Crippen LogP contribution < -0.4 is 10.2 Å². The number of halogens is 2. The first-order chi connectivity index (χ1) is 14.9. The molecular weight excluding hydrogens is 480 g/mol. The highest BCUT2D eigenvalue weighted by molar-refractivity contribution is 9.10. The SMILES string of the molecule is O=C1c2ccccc2C(=O)N1c1ccc(NC(=O)C2(c3cccc(Br)c3)CC2)cc1Cl. The molecule has 31 heavy (non-hydrogen) atoms. The van der Waals surface area contributed by atoms with Gasteiger partial charge in [-0.25, -0.2) is 4.90 Å². The summed E-state index contributed by atoms with van der Waals surface area (Å²) in [5.74, 6) is -0.924. The van der Waals surface area contributed by atoms with Crippen LogP contribution in [0.2, 0.25) is 5.02 Å². The molecule has 0 aromatic heterocycles. The zero-order valence-corrected chi connectivity index (χ0v) is 18.5. The van der Waals surface area contributed by atoms with E-state index in [1.54, 1.807) is 42.5 Å². The van der Waals surface area contributed by atoms with Gasteiger partial charge < -0.3 is 5.32 Å². The number of imide groups is 1. The van der Waals surface area contributed by atoms with Crippen molar-refractivity contribution in [2.24, 2.45) is 0 Å². The molecular formula is C24H16BrClN2O3.